The smallest absolute Gasteiger partial charge is 0.123 e. The number of ether oxygens (including phenoxy) is 1. The van der Waals surface area contributed by atoms with Gasteiger partial charge in [0.25, 0.3) is 0 Å². The zero-order valence-corrected chi connectivity index (χ0v) is 12.5. The minimum absolute atomic E-state index is 0.0756. The van der Waals surface area contributed by atoms with Crippen LogP contribution in [-0.2, 0) is 4.74 Å². The Kier molecular flexibility index (Phi) is 4.56. The lowest BCUT2D eigenvalue weighted by Crippen LogP contribution is -2.25. The summed E-state index contributed by atoms with van der Waals surface area (Å²) in [6.07, 6.45) is 2.80. The molecule has 0 atom stereocenters. The van der Waals surface area contributed by atoms with E-state index in [0.29, 0.717) is 0 Å². The van der Waals surface area contributed by atoms with Crippen molar-refractivity contribution in [3.63, 3.8) is 0 Å². The first-order chi connectivity index (χ1) is 9.11. The number of benzene rings is 1. The first-order valence-electron chi connectivity index (χ1n) is 6.40. The van der Waals surface area contributed by atoms with Gasteiger partial charge in [-0.1, -0.05) is 0 Å². The highest BCUT2D eigenvalue weighted by atomic mass is 32.1. The summed E-state index contributed by atoms with van der Waals surface area (Å²) >= 11 is 1.66. The molecule has 0 saturated heterocycles. The highest BCUT2D eigenvalue weighted by Gasteiger charge is 2.15. The predicted molar refractivity (Wildman–Crippen MR) is 81.7 cm³/mol. The Hall–Kier alpha value is -1.39. The Labute approximate surface area is 118 Å². The third kappa shape index (κ3) is 4.04. The van der Waals surface area contributed by atoms with Crippen LogP contribution in [0.1, 0.15) is 20.3 Å². The molecule has 0 fully saturated rings. The van der Waals surface area contributed by atoms with Gasteiger partial charge < -0.3 is 10.1 Å². The van der Waals surface area contributed by atoms with Crippen LogP contribution in [0.15, 0.2) is 35.8 Å². The van der Waals surface area contributed by atoms with Crippen LogP contribution in [0.2, 0.25) is 0 Å². The number of nitrogens with zero attached hydrogens (tertiary/aromatic N) is 1. The van der Waals surface area contributed by atoms with E-state index in [2.05, 4.69) is 48.4 Å². The van der Waals surface area contributed by atoms with Gasteiger partial charge in [-0.05, 0) is 44.5 Å². The molecule has 0 aliphatic rings. The summed E-state index contributed by atoms with van der Waals surface area (Å²) in [7, 11) is 1.75. The Morgan fingerprint density at radius 3 is 2.58 bits per heavy atom. The minimum Gasteiger partial charge on any atom is -0.385 e. The summed E-state index contributed by atoms with van der Waals surface area (Å²) < 4.78 is 5.40. The average molecular weight is 276 g/mol. The highest BCUT2D eigenvalue weighted by Crippen LogP contribution is 2.23. The molecule has 2 rings (SSSR count). The molecule has 0 radical (unpaired) electrons. The molecule has 0 unspecified atom stereocenters. The number of aromatic nitrogens is 1. The van der Waals surface area contributed by atoms with E-state index in [1.54, 1.807) is 18.4 Å². The second kappa shape index (κ2) is 6.17. The summed E-state index contributed by atoms with van der Waals surface area (Å²) in [6, 6.07) is 8.39. The van der Waals surface area contributed by atoms with E-state index in [1.165, 1.54) is 0 Å². The average Bonchev–Trinajstić information content (AvgIpc) is 2.93. The van der Waals surface area contributed by atoms with Crippen LogP contribution < -0.4 is 5.32 Å². The zero-order valence-electron chi connectivity index (χ0n) is 11.6. The van der Waals surface area contributed by atoms with E-state index in [1.807, 2.05) is 11.6 Å². The van der Waals surface area contributed by atoms with Gasteiger partial charge in [-0.3, -0.25) is 0 Å². The van der Waals surface area contributed by atoms with Crippen molar-refractivity contribution < 1.29 is 4.74 Å². The van der Waals surface area contributed by atoms with E-state index in [-0.39, 0.29) is 5.60 Å². The molecule has 0 spiro atoms. The molecule has 4 heteroatoms. The van der Waals surface area contributed by atoms with Crippen molar-refractivity contribution in [1.29, 1.82) is 0 Å². The van der Waals surface area contributed by atoms with Crippen LogP contribution in [0.4, 0.5) is 5.69 Å². The summed E-state index contributed by atoms with van der Waals surface area (Å²) in [6.45, 7) is 5.10. The van der Waals surface area contributed by atoms with Crippen molar-refractivity contribution in [1.82, 2.24) is 4.98 Å². The van der Waals surface area contributed by atoms with Gasteiger partial charge in [0.05, 0.1) is 5.60 Å². The number of thiazole rings is 1. The molecule has 1 heterocycles. The fourth-order valence-electron chi connectivity index (χ4n) is 1.71. The predicted octanol–water partition coefficient (Wildman–Crippen LogP) is 4.04. The summed E-state index contributed by atoms with van der Waals surface area (Å²) in [5, 5.41) is 6.47. The standard InChI is InChI=1S/C15H20N2OS/c1-15(2,18-3)8-9-16-13-6-4-12(5-7-13)14-17-10-11-19-14/h4-7,10-11,16H,8-9H2,1-3H3. The molecule has 1 aromatic carbocycles. The van der Waals surface area contributed by atoms with E-state index in [0.717, 1.165) is 29.2 Å². The highest BCUT2D eigenvalue weighted by molar-refractivity contribution is 7.13. The fraction of sp³-hybridized carbons (Fsp3) is 0.400. The number of methoxy groups -OCH3 is 1. The fourth-order valence-corrected chi connectivity index (χ4v) is 2.35. The Balaban J connectivity index is 1.89. The van der Waals surface area contributed by atoms with Crippen molar-refractivity contribution >= 4 is 17.0 Å². The monoisotopic (exact) mass is 276 g/mol. The van der Waals surface area contributed by atoms with E-state index in [4.69, 9.17) is 4.74 Å². The van der Waals surface area contributed by atoms with Crippen LogP contribution in [0.3, 0.4) is 0 Å². The maximum Gasteiger partial charge on any atom is 0.123 e. The molecule has 0 bridgehead atoms. The molecule has 2 aromatic rings. The molecule has 19 heavy (non-hydrogen) atoms. The van der Waals surface area contributed by atoms with Crippen molar-refractivity contribution in [3.05, 3.63) is 35.8 Å². The third-order valence-electron chi connectivity index (χ3n) is 3.17. The van der Waals surface area contributed by atoms with Gasteiger partial charge in [0.1, 0.15) is 5.01 Å². The third-order valence-corrected chi connectivity index (χ3v) is 4.00. The van der Waals surface area contributed by atoms with Crippen LogP contribution in [0.25, 0.3) is 10.6 Å². The lowest BCUT2D eigenvalue weighted by molar-refractivity contribution is 0.0185. The van der Waals surface area contributed by atoms with Crippen molar-refractivity contribution in [2.24, 2.45) is 0 Å². The van der Waals surface area contributed by atoms with Crippen molar-refractivity contribution in [3.8, 4) is 10.6 Å². The molecule has 3 nitrogen and oxygen atoms in total. The Morgan fingerprint density at radius 1 is 1.26 bits per heavy atom. The van der Waals surface area contributed by atoms with Gasteiger partial charge in [0.2, 0.25) is 0 Å². The van der Waals surface area contributed by atoms with E-state index < -0.39 is 0 Å². The molecule has 102 valence electrons. The SMILES string of the molecule is COC(C)(C)CCNc1ccc(-c2nccs2)cc1. The number of rotatable bonds is 6. The maximum absolute atomic E-state index is 5.40. The van der Waals surface area contributed by atoms with Crippen molar-refractivity contribution in [2.75, 3.05) is 19.0 Å². The molecule has 1 N–H and O–H groups in total. The molecule has 0 aliphatic heterocycles. The number of nitrogens with one attached hydrogen (secondary N) is 1. The second-order valence-electron chi connectivity index (χ2n) is 5.06. The van der Waals surface area contributed by atoms with Gasteiger partial charge in [0, 0.05) is 36.5 Å². The Morgan fingerprint density at radius 2 is 2.00 bits per heavy atom. The van der Waals surface area contributed by atoms with Gasteiger partial charge in [-0.15, -0.1) is 11.3 Å². The molecule has 1 aromatic heterocycles. The molecular formula is C15H20N2OS. The van der Waals surface area contributed by atoms with E-state index in [9.17, 15) is 0 Å². The first kappa shape index (κ1) is 14.0. The number of anilines is 1. The lowest BCUT2D eigenvalue weighted by Gasteiger charge is -2.23. The lowest BCUT2D eigenvalue weighted by atomic mass is 10.1. The number of hydrogen-bond donors (Lipinski definition) is 1. The zero-order chi connectivity index (χ0) is 13.7. The van der Waals surface area contributed by atoms with Crippen LogP contribution in [0.5, 0.6) is 0 Å². The first-order valence-corrected chi connectivity index (χ1v) is 7.28. The molecular weight excluding hydrogens is 256 g/mol. The van der Waals surface area contributed by atoms with Gasteiger partial charge in [-0.2, -0.15) is 0 Å². The number of hydrogen-bond acceptors (Lipinski definition) is 4. The summed E-state index contributed by atoms with van der Waals surface area (Å²) in [5.41, 5.74) is 2.22. The second-order valence-corrected chi connectivity index (χ2v) is 5.95. The quantitative estimate of drug-likeness (QED) is 0.864. The molecule has 0 aliphatic carbocycles. The molecule has 0 amide bonds. The van der Waals surface area contributed by atoms with Crippen LogP contribution in [-0.4, -0.2) is 24.2 Å². The van der Waals surface area contributed by atoms with Gasteiger partial charge in [-0.25, -0.2) is 4.98 Å². The summed E-state index contributed by atoms with van der Waals surface area (Å²) in [4.78, 5) is 4.30. The maximum atomic E-state index is 5.40. The topological polar surface area (TPSA) is 34.1 Å². The molecule has 0 saturated carbocycles. The van der Waals surface area contributed by atoms with Crippen molar-refractivity contribution in [2.45, 2.75) is 25.9 Å². The van der Waals surface area contributed by atoms with Crippen LogP contribution in [0, 0.1) is 0 Å². The normalized spacial score (nSPS) is 11.5. The largest absolute Gasteiger partial charge is 0.385 e. The summed E-state index contributed by atoms with van der Waals surface area (Å²) in [5.74, 6) is 0. The van der Waals surface area contributed by atoms with Crippen LogP contribution >= 0.6 is 11.3 Å². The van der Waals surface area contributed by atoms with E-state index >= 15 is 0 Å². The van der Waals surface area contributed by atoms with Gasteiger partial charge in [0.15, 0.2) is 0 Å². The van der Waals surface area contributed by atoms with Gasteiger partial charge >= 0.3 is 0 Å². The minimum atomic E-state index is -0.0756. The Bertz CT molecular complexity index is 491.